The van der Waals surface area contributed by atoms with Crippen molar-refractivity contribution in [3.63, 3.8) is 0 Å². The number of benzene rings is 3. The third-order valence-electron chi connectivity index (χ3n) is 7.73. The molecule has 1 saturated heterocycles. The number of ether oxygens (including phenoxy) is 3. The third kappa shape index (κ3) is 12.8. The fraction of sp³-hybridized carbons (Fsp3) is 0.457. The zero-order valence-corrected chi connectivity index (χ0v) is 32.6. The first kappa shape index (κ1) is 37.3. The maximum absolute atomic E-state index is 12.8. The Labute approximate surface area is 287 Å². The summed E-state index contributed by atoms with van der Waals surface area (Å²) in [7, 11) is -6.37. The van der Waals surface area contributed by atoms with Gasteiger partial charge in [-0.05, 0) is 124 Å². The van der Waals surface area contributed by atoms with Gasteiger partial charge in [-0.15, -0.1) is 0 Å². The lowest BCUT2D eigenvalue weighted by atomic mass is 10.1. The van der Waals surface area contributed by atoms with Crippen molar-refractivity contribution in [3.05, 3.63) is 78.4 Å². The van der Waals surface area contributed by atoms with Crippen LogP contribution in [0.4, 0.5) is 0 Å². The van der Waals surface area contributed by atoms with Crippen LogP contribution in [0.5, 0.6) is 17.2 Å². The largest absolute Gasteiger partial charge is 0.494 e. The van der Waals surface area contributed by atoms with Gasteiger partial charge in [0.2, 0.25) is 0 Å². The highest BCUT2D eigenvalue weighted by Gasteiger charge is 2.40. The molecule has 1 aliphatic heterocycles. The molecule has 3 aromatic rings. The van der Waals surface area contributed by atoms with Crippen LogP contribution in [0, 0.1) is 0 Å². The maximum Gasteiger partial charge on any atom is 0.362 e. The van der Waals surface area contributed by atoms with Gasteiger partial charge in [0.05, 0.1) is 18.3 Å². The van der Waals surface area contributed by atoms with Crippen molar-refractivity contribution in [2.24, 2.45) is 0 Å². The summed E-state index contributed by atoms with van der Waals surface area (Å²) in [6.07, 6.45) is 8.07. The molecule has 1 heterocycles. The van der Waals surface area contributed by atoms with Crippen molar-refractivity contribution in [2.45, 2.75) is 97.1 Å². The van der Waals surface area contributed by atoms with Crippen LogP contribution in [-0.2, 0) is 16.5 Å². The first-order valence-corrected chi connectivity index (χ1v) is 24.7. The Hall–Kier alpha value is -2.56. The minimum absolute atomic E-state index is 0.204. The Morgan fingerprint density at radius 3 is 1.89 bits per heavy atom. The lowest BCUT2D eigenvalue weighted by Gasteiger charge is -2.35. The molecule has 47 heavy (non-hydrogen) atoms. The standard InChI is InChI=1S/C35H49O8Si4/c1-7-8-9-10-13-28(2)38-33-22-14-29(15-23-33)30-16-24-34(25-17-30)39-35(36)31-18-20-32(21-19-31)37-26-11-12-27-47(6)42-45(4)40-44(3)41-46(5)43-47/h14-25,28H,7-13,26-27H2,1-6H3. The van der Waals surface area contributed by atoms with Gasteiger partial charge in [-0.1, -0.05) is 50.5 Å². The number of hydrogen-bond donors (Lipinski definition) is 0. The van der Waals surface area contributed by atoms with Gasteiger partial charge in [-0.25, -0.2) is 4.79 Å². The second-order valence-electron chi connectivity index (χ2n) is 12.1. The van der Waals surface area contributed by atoms with E-state index in [2.05, 4.69) is 32.5 Å². The topological polar surface area (TPSA) is 81.7 Å². The summed E-state index contributed by atoms with van der Waals surface area (Å²) < 4.78 is 42.1. The van der Waals surface area contributed by atoms with Crippen LogP contribution in [0.1, 0.15) is 69.2 Å². The van der Waals surface area contributed by atoms with Crippen molar-refractivity contribution >= 4 is 42.4 Å². The van der Waals surface area contributed by atoms with Gasteiger partial charge >= 0.3 is 42.4 Å². The maximum atomic E-state index is 12.8. The molecule has 1 fully saturated rings. The molecular formula is C35H49O8Si4. The van der Waals surface area contributed by atoms with Gasteiger partial charge in [0.15, 0.2) is 0 Å². The Bertz CT molecular complexity index is 1340. The fourth-order valence-electron chi connectivity index (χ4n) is 5.38. The summed E-state index contributed by atoms with van der Waals surface area (Å²) in [5, 5.41) is 0. The summed E-state index contributed by atoms with van der Waals surface area (Å²) in [6.45, 7) is 13.0. The summed E-state index contributed by atoms with van der Waals surface area (Å²) in [6, 6.07) is 23.6. The minimum atomic E-state index is -2.34. The highest BCUT2D eigenvalue weighted by Crippen LogP contribution is 2.27. The Kier molecular flexibility index (Phi) is 14.9. The third-order valence-corrected chi connectivity index (χ3v) is 19.3. The average Bonchev–Trinajstić information content (AvgIpc) is 3.03. The first-order chi connectivity index (χ1) is 22.6. The summed E-state index contributed by atoms with van der Waals surface area (Å²) in [4.78, 5) is 12.8. The molecule has 0 saturated carbocycles. The summed E-state index contributed by atoms with van der Waals surface area (Å²) >= 11 is 0. The summed E-state index contributed by atoms with van der Waals surface area (Å²) in [5.74, 6) is 1.68. The van der Waals surface area contributed by atoms with Crippen molar-refractivity contribution in [2.75, 3.05) is 6.61 Å². The van der Waals surface area contributed by atoms with Crippen molar-refractivity contribution in [1.82, 2.24) is 0 Å². The Morgan fingerprint density at radius 1 is 0.723 bits per heavy atom. The van der Waals surface area contributed by atoms with E-state index in [0.717, 1.165) is 42.2 Å². The van der Waals surface area contributed by atoms with Crippen molar-refractivity contribution in [1.29, 1.82) is 0 Å². The number of carbonyl (C=O) groups is 1. The first-order valence-electron chi connectivity index (χ1n) is 16.7. The molecule has 1 unspecified atom stereocenters. The molecule has 0 bridgehead atoms. The van der Waals surface area contributed by atoms with Gasteiger partial charge < -0.3 is 30.7 Å². The lowest BCUT2D eigenvalue weighted by Crippen LogP contribution is -2.52. The zero-order chi connectivity index (χ0) is 33.6. The molecule has 0 aromatic heterocycles. The highest BCUT2D eigenvalue weighted by atomic mass is 28.5. The Morgan fingerprint density at radius 2 is 1.30 bits per heavy atom. The molecule has 0 amide bonds. The van der Waals surface area contributed by atoms with Crippen LogP contribution in [0.2, 0.25) is 32.2 Å². The van der Waals surface area contributed by atoms with E-state index < -0.39 is 42.4 Å². The van der Waals surface area contributed by atoms with Gasteiger partial charge in [0.1, 0.15) is 17.2 Å². The van der Waals surface area contributed by atoms with E-state index in [0.29, 0.717) is 23.7 Å². The fourth-order valence-corrected chi connectivity index (χ4v) is 17.4. The average molecular weight is 710 g/mol. The predicted octanol–water partition coefficient (Wildman–Crippen LogP) is 8.98. The SMILES string of the molecule is CCCCCCC(C)Oc1ccc(-c2ccc(OC(=O)c3ccc(OCCCC[Si]4(C)O[Si](C)O[Si](C)O[Si](C)O4)cc3)cc2)cc1. The molecule has 3 aromatic carbocycles. The number of esters is 1. The number of carbonyl (C=O) groups excluding carboxylic acids is 1. The highest BCUT2D eigenvalue weighted by molar-refractivity contribution is 6.81. The van der Waals surface area contributed by atoms with E-state index in [4.69, 9.17) is 30.7 Å². The van der Waals surface area contributed by atoms with E-state index in [-0.39, 0.29) is 6.10 Å². The molecule has 3 radical (unpaired) electrons. The predicted molar refractivity (Wildman–Crippen MR) is 192 cm³/mol. The van der Waals surface area contributed by atoms with Crippen molar-refractivity contribution < 1.29 is 35.5 Å². The molecule has 0 N–H and O–H groups in total. The second-order valence-corrected chi connectivity index (χ2v) is 21.0. The second kappa shape index (κ2) is 18.8. The van der Waals surface area contributed by atoms with Gasteiger partial charge in [-0.2, -0.15) is 0 Å². The smallest absolute Gasteiger partial charge is 0.362 e. The molecule has 1 atom stereocenters. The monoisotopic (exact) mass is 709 g/mol. The van der Waals surface area contributed by atoms with E-state index in [9.17, 15) is 4.79 Å². The van der Waals surface area contributed by atoms with E-state index in [1.165, 1.54) is 25.7 Å². The molecule has 4 rings (SSSR count). The van der Waals surface area contributed by atoms with Crippen molar-refractivity contribution in [3.8, 4) is 28.4 Å². The quantitative estimate of drug-likeness (QED) is 0.0631. The molecular weight excluding hydrogens is 661 g/mol. The van der Waals surface area contributed by atoms with Crippen LogP contribution in [0.15, 0.2) is 72.8 Å². The van der Waals surface area contributed by atoms with Crippen LogP contribution >= 0.6 is 0 Å². The number of unbranched alkanes of at least 4 members (excludes halogenated alkanes) is 4. The molecule has 253 valence electrons. The molecule has 0 aliphatic carbocycles. The van der Waals surface area contributed by atoms with Gasteiger partial charge in [0.25, 0.3) is 0 Å². The van der Waals surface area contributed by atoms with Crippen LogP contribution in [-0.4, -0.2) is 55.1 Å². The minimum Gasteiger partial charge on any atom is -0.494 e. The van der Waals surface area contributed by atoms with E-state index >= 15 is 0 Å². The van der Waals surface area contributed by atoms with Crippen LogP contribution in [0.3, 0.4) is 0 Å². The van der Waals surface area contributed by atoms with E-state index in [1.807, 2.05) is 56.0 Å². The lowest BCUT2D eigenvalue weighted by molar-refractivity contribution is 0.0734. The molecule has 12 heteroatoms. The van der Waals surface area contributed by atoms with Crippen LogP contribution < -0.4 is 14.2 Å². The van der Waals surface area contributed by atoms with Crippen LogP contribution in [0.25, 0.3) is 11.1 Å². The number of hydrogen-bond acceptors (Lipinski definition) is 8. The zero-order valence-electron chi connectivity index (χ0n) is 28.6. The van der Waals surface area contributed by atoms with Gasteiger partial charge in [-0.3, -0.25) is 0 Å². The Balaban J connectivity index is 1.18. The molecule has 1 aliphatic rings. The normalized spacial score (nSPS) is 16.6. The molecule has 8 nitrogen and oxygen atoms in total. The van der Waals surface area contributed by atoms with E-state index in [1.54, 1.807) is 24.3 Å². The number of rotatable bonds is 16. The summed E-state index contributed by atoms with van der Waals surface area (Å²) in [5.41, 5.74) is 2.58. The van der Waals surface area contributed by atoms with Gasteiger partial charge in [0, 0.05) is 0 Å². The molecule has 0 spiro atoms.